The first kappa shape index (κ1) is 53.9. The molecule has 14 heteroatoms. The summed E-state index contributed by atoms with van der Waals surface area (Å²) in [6.07, 6.45) is -5.04. The average molecular weight is 1130 g/mol. The molecule has 10 aromatic carbocycles. The Balaban J connectivity index is 1.23. The van der Waals surface area contributed by atoms with Crippen LogP contribution in [0.1, 0.15) is 50.1 Å². The van der Waals surface area contributed by atoms with E-state index >= 15 is 13.2 Å². The maximum Gasteiger partial charge on any atom is 0.417 e. The molecule has 3 heterocycles. The van der Waals surface area contributed by atoms with Crippen LogP contribution in [-0.2, 0) is 6.18 Å². The standard InChI is InChI=1S/C74H34F3N11/c75-74(76,77)65-34-73(88-70-31-50(58-19-11-45(37-80)27-54(58)41-84)15-23-62(70)63-24-16-51(32-71(63)88)59-20-12-46(38-81)28-55(59)42-85)72(33-64(65)67-8-4-7-66(86-67)47-5-2-1-3-6-47)87-68-29-48(56-17-9-43(35-78)25-52(56)39-82)13-21-60(68)61-22-14-49(30-69(61)87)57-18-10-44(36-79)26-53(57)40-83/h1-34H. The van der Waals surface area contributed by atoms with Gasteiger partial charge in [-0.1, -0.05) is 109 Å². The van der Waals surface area contributed by atoms with E-state index in [1.165, 1.54) is 36.4 Å². The minimum absolute atomic E-state index is 0.00222. The van der Waals surface area contributed by atoms with Crippen LogP contribution in [0, 0.1) is 90.6 Å². The lowest BCUT2D eigenvalue weighted by Gasteiger charge is -2.22. The summed E-state index contributed by atoms with van der Waals surface area (Å²) in [5, 5.41) is 84.0. The molecule has 0 fully saturated rings. The molecule has 0 saturated heterocycles. The third-order valence-corrected chi connectivity index (χ3v) is 15.9. The van der Waals surface area contributed by atoms with E-state index in [0.717, 1.165) is 6.07 Å². The maximum atomic E-state index is 16.7. The van der Waals surface area contributed by atoms with Crippen molar-refractivity contribution in [2.24, 2.45) is 0 Å². The van der Waals surface area contributed by atoms with Gasteiger partial charge in [0.15, 0.2) is 0 Å². The van der Waals surface area contributed by atoms with Gasteiger partial charge in [-0.3, -0.25) is 0 Å². The van der Waals surface area contributed by atoms with E-state index in [1.807, 2.05) is 83.4 Å². The molecule has 88 heavy (non-hydrogen) atoms. The van der Waals surface area contributed by atoms with Gasteiger partial charge in [0, 0.05) is 32.7 Å². The van der Waals surface area contributed by atoms with Gasteiger partial charge in [-0.25, -0.2) is 4.98 Å². The minimum Gasteiger partial charge on any atom is -0.307 e. The van der Waals surface area contributed by atoms with E-state index in [4.69, 9.17) is 4.98 Å². The summed E-state index contributed by atoms with van der Waals surface area (Å²) < 4.78 is 53.8. The van der Waals surface area contributed by atoms with Crippen molar-refractivity contribution in [1.29, 1.82) is 42.1 Å². The summed E-state index contributed by atoms with van der Waals surface area (Å²) in [5.74, 6) is 0. The molecule has 13 rings (SSSR count). The zero-order valence-corrected chi connectivity index (χ0v) is 45.7. The van der Waals surface area contributed by atoms with E-state index in [0.29, 0.717) is 99.4 Å². The Morgan fingerprint density at radius 3 is 0.966 bits per heavy atom. The van der Waals surface area contributed by atoms with Crippen molar-refractivity contribution in [3.05, 3.63) is 256 Å². The lowest BCUT2D eigenvalue weighted by Crippen LogP contribution is -2.12. The van der Waals surface area contributed by atoms with Crippen LogP contribution in [0.4, 0.5) is 13.2 Å². The first-order valence-corrected chi connectivity index (χ1v) is 27.1. The number of benzene rings is 10. The molecule has 13 aromatic rings. The number of halogens is 3. The van der Waals surface area contributed by atoms with E-state index in [2.05, 4.69) is 48.6 Å². The van der Waals surface area contributed by atoms with Crippen LogP contribution in [0.25, 0.3) is 122 Å². The molecule has 0 N–H and O–H groups in total. The van der Waals surface area contributed by atoms with Gasteiger partial charge in [0.2, 0.25) is 0 Å². The van der Waals surface area contributed by atoms with Crippen LogP contribution in [0.5, 0.6) is 0 Å². The molecule has 0 aliphatic heterocycles. The molecular formula is C74H34F3N11. The molecule has 0 aliphatic carbocycles. The second kappa shape index (κ2) is 21.4. The highest BCUT2D eigenvalue weighted by molar-refractivity contribution is 6.14. The molecule has 0 aliphatic rings. The van der Waals surface area contributed by atoms with Crippen LogP contribution < -0.4 is 0 Å². The summed E-state index contributed by atoms with van der Waals surface area (Å²) in [7, 11) is 0. The number of nitriles is 8. The Morgan fingerprint density at radius 1 is 0.295 bits per heavy atom. The second-order valence-electron chi connectivity index (χ2n) is 20.7. The highest BCUT2D eigenvalue weighted by atomic mass is 19.4. The molecule has 406 valence electrons. The quantitative estimate of drug-likeness (QED) is 0.141. The lowest BCUT2D eigenvalue weighted by molar-refractivity contribution is -0.137. The minimum atomic E-state index is -5.04. The lowest BCUT2D eigenvalue weighted by atomic mass is 9.96. The van der Waals surface area contributed by atoms with E-state index < -0.39 is 11.7 Å². The zero-order valence-electron chi connectivity index (χ0n) is 45.7. The Morgan fingerprint density at radius 2 is 0.636 bits per heavy atom. The number of nitrogens with zero attached hydrogens (tertiary/aromatic N) is 11. The van der Waals surface area contributed by atoms with Gasteiger partial charge in [-0.2, -0.15) is 55.3 Å². The fourth-order valence-corrected chi connectivity index (χ4v) is 11.8. The van der Waals surface area contributed by atoms with Crippen LogP contribution in [0.2, 0.25) is 0 Å². The number of fused-ring (bicyclic) bond motifs is 6. The number of alkyl halides is 3. The summed E-state index contributed by atoms with van der Waals surface area (Å²) >= 11 is 0. The zero-order chi connectivity index (χ0) is 61.0. The van der Waals surface area contributed by atoms with Crippen molar-refractivity contribution in [3.8, 4) is 127 Å². The van der Waals surface area contributed by atoms with Crippen LogP contribution in [0.15, 0.2) is 206 Å². The third-order valence-electron chi connectivity index (χ3n) is 15.9. The number of hydrogen-bond donors (Lipinski definition) is 0. The number of pyridine rings is 1. The maximum absolute atomic E-state index is 16.7. The van der Waals surface area contributed by atoms with Crippen LogP contribution in [-0.4, -0.2) is 14.1 Å². The number of aromatic nitrogens is 3. The molecule has 0 unspecified atom stereocenters. The van der Waals surface area contributed by atoms with Gasteiger partial charge >= 0.3 is 6.18 Å². The largest absolute Gasteiger partial charge is 0.417 e. The molecule has 0 amide bonds. The predicted molar refractivity (Wildman–Crippen MR) is 328 cm³/mol. The van der Waals surface area contributed by atoms with E-state index in [-0.39, 0.29) is 67.1 Å². The predicted octanol–water partition coefficient (Wildman–Crippen LogP) is 17.3. The average Bonchev–Trinajstić information content (AvgIpc) is 1.56. The van der Waals surface area contributed by atoms with Gasteiger partial charge in [-0.15, -0.1) is 0 Å². The fraction of sp³-hybridized carbons (Fsp3) is 0.0135. The first-order chi connectivity index (χ1) is 42.9. The summed E-state index contributed by atoms with van der Waals surface area (Å²) in [6.45, 7) is 0. The van der Waals surface area contributed by atoms with Crippen molar-refractivity contribution in [3.63, 3.8) is 0 Å². The normalized spacial score (nSPS) is 11.0. The Labute approximate surface area is 500 Å². The van der Waals surface area contributed by atoms with Crippen molar-refractivity contribution < 1.29 is 13.2 Å². The summed E-state index contributed by atoms with van der Waals surface area (Å²) in [4.78, 5) is 4.93. The van der Waals surface area contributed by atoms with Crippen molar-refractivity contribution in [2.45, 2.75) is 6.18 Å². The Kier molecular flexibility index (Phi) is 13.1. The second-order valence-corrected chi connectivity index (χ2v) is 20.7. The van der Waals surface area contributed by atoms with Crippen molar-refractivity contribution in [1.82, 2.24) is 14.1 Å². The monoisotopic (exact) mass is 1130 g/mol. The SMILES string of the molecule is N#Cc1ccc(-c2ccc3c4ccc(-c5ccc(C#N)cc5C#N)cc4n(-c4cc(-c5cccc(-c6ccccc6)n5)c(C(F)(F)F)cc4-n4c5cc(-c6ccc(C#N)cc6C#N)ccc5c5ccc(-c6ccc(C#N)cc6C#N)cc54)c3c2)c(C#N)c1. The van der Waals surface area contributed by atoms with Crippen LogP contribution in [0.3, 0.4) is 0 Å². The molecule has 11 nitrogen and oxygen atoms in total. The molecule has 3 aromatic heterocycles. The smallest absolute Gasteiger partial charge is 0.307 e. The Bertz CT molecular complexity index is 5290. The van der Waals surface area contributed by atoms with Gasteiger partial charge in [0.1, 0.15) is 0 Å². The molecular weight excluding hydrogens is 1100 g/mol. The molecule has 0 spiro atoms. The molecule has 0 saturated carbocycles. The summed E-state index contributed by atoms with van der Waals surface area (Å²) in [5.41, 5.74) is 7.48. The van der Waals surface area contributed by atoms with E-state index in [1.54, 1.807) is 89.5 Å². The first-order valence-electron chi connectivity index (χ1n) is 27.1. The van der Waals surface area contributed by atoms with Crippen molar-refractivity contribution >= 4 is 43.6 Å². The fourth-order valence-electron chi connectivity index (χ4n) is 11.8. The van der Waals surface area contributed by atoms with E-state index in [9.17, 15) is 42.1 Å². The topological polar surface area (TPSA) is 213 Å². The van der Waals surface area contributed by atoms with Gasteiger partial charge in [0.05, 0.1) is 143 Å². The Hall–Kier alpha value is -13.3. The number of hydrogen-bond acceptors (Lipinski definition) is 9. The van der Waals surface area contributed by atoms with Crippen molar-refractivity contribution in [2.75, 3.05) is 0 Å². The van der Waals surface area contributed by atoms with Gasteiger partial charge in [0.25, 0.3) is 0 Å². The number of rotatable bonds is 8. The van der Waals surface area contributed by atoms with Gasteiger partial charge < -0.3 is 9.13 Å². The molecule has 0 radical (unpaired) electrons. The summed E-state index contributed by atoms with van der Waals surface area (Å²) in [6, 6.07) is 74.7. The molecule has 0 bridgehead atoms. The highest BCUT2D eigenvalue weighted by Gasteiger charge is 2.37. The molecule has 0 atom stereocenters. The van der Waals surface area contributed by atoms with Gasteiger partial charge in [-0.05, 0) is 142 Å². The third kappa shape index (κ3) is 9.08. The van der Waals surface area contributed by atoms with Crippen LogP contribution >= 0.6 is 0 Å². The highest BCUT2D eigenvalue weighted by Crippen LogP contribution is 2.47.